The molecule has 0 bridgehead atoms. The standard InChI is InChI=1S/C25H30N2O3/c1-4-6-10-18(5-2)22-21-23(30-27(22)20-11-8-7-9-12-20)25(29)26(24(21)28)19-15-13-17(3)14-16-19/h7-9,11-16,18,21-23H,4-6,10H2,1-3H3/t18-,21-,22+,23-/m0/s1. The summed E-state index contributed by atoms with van der Waals surface area (Å²) < 4.78 is 0. The van der Waals surface area contributed by atoms with Crippen LogP contribution >= 0.6 is 0 Å². The molecule has 2 aromatic carbocycles. The molecule has 5 nitrogen and oxygen atoms in total. The van der Waals surface area contributed by atoms with Gasteiger partial charge in [-0.25, -0.2) is 9.96 Å². The lowest BCUT2D eigenvalue weighted by atomic mass is 9.82. The zero-order valence-electron chi connectivity index (χ0n) is 18.0. The molecule has 158 valence electrons. The molecule has 30 heavy (non-hydrogen) atoms. The molecule has 5 heteroatoms. The van der Waals surface area contributed by atoms with Crippen LogP contribution in [-0.2, 0) is 14.4 Å². The van der Waals surface area contributed by atoms with Gasteiger partial charge in [0.05, 0.1) is 23.3 Å². The molecule has 2 saturated heterocycles. The molecule has 2 aliphatic rings. The minimum Gasteiger partial charge on any atom is -0.273 e. The summed E-state index contributed by atoms with van der Waals surface area (Å²) in [6.45, 7) is 6.33. The van der Waals surface area contributed by atoms with Crippen LogP contribution < -0.4 is 9.96 Å². The van der Waals surface area contributed by atoms with Crippen molar-refractivity contribution >= 4 is 23.2 Å². The van der Waals surface area contributed by atoms with E-state index in [-0.39, 0.29) is 23.8 Å². The molecule has 0 aromatic heterocycles. The number of hydrogen-bond donors (Lipinski definition) is 0. The second-order valence-corrected chi connectivity index (χ2v) is 8.36. The van der Waals surface area contributed by atoms with E-state index in [0.717, 1.165) is 36.9 Å². The number of benzene rings is 2. The maximum absolute atomic E-state index is 13.6. The second-order valence-electron chi connectivity index (χ2n) is 8.36. The lowest BCUT2D eigenvalue weighted by molar-refractivity contribution is -0.126. The topological polar surface area (TPSA) is 49.9 Å². The number of anilines is 2. The van der Waals surface area contributed by atoms with Crippen LogP contribution in [0.2, 0.25) is 0 Å². The number of rotatable bonds is 7. The Hall–Kier alpha value is -2.66. The van der Waals surface area contributed by atoms with E-state index in [4.69, 9.17) is 4.84 Å². The summed E-state index contributed by atoms with van der Waals surface area (Å²) in [5, 5.41) is 1.85. The van der Waals surface area contributed by atoms with E-state index in [2.05, 4.69) is 13.8 Å². The lowest BCUT2D eigenvalue weighted by Gasteiger charge is -2.33. The van der Waals surface area contributed by atoms with Gasteiger partial charge in [0.15, 0.2) is 6.10 Å². The highest BCUT2D eigenvalue weighted by atomic mass is 16.7. The first-order chi connectivity index (χ1) is 14.6. The summed E-state index contributed by atoms with van der Waals surface area (Å²) in [6.07, 6.45) is 3.39. The number of amides is 2. The van der Waals surface area contributed by atoms with Crippen molar-refractivity contribution in [2.24, 2.45) is 11.8 Å². The molecule has 0 N–H and O–H groups in total. The van der Waals surface area contributed by atoms with Crippen LogP contribution in [0.5, 0.6) is 0 Å². The highest BCUT2D eigenvalue weighted by Gasteiger charge is 2.61. The summed E-state index contributed by atoms with van der Waals surface area (Å²) >= 11 is 0. The smallest absolute Gasteiger partial charge is 0.266 e. The minimum absolute atomic E-state index is 0.146. The van der Waals surface area contributed by atoms with Gasteiger partial charge in [0.25, 0.3) is 5.91 Å². The first-order valence-corrected chi connectivity index (χ1v) is 11.0. The number of unbranched alkanes of at least 4 members (excludes halogenated alkanes) is 1. The number of imide groups is 1. The molecule has 2 amide bonds. The normalized spacial score (nSPS) is 24.4. The summed E-state index contributed by atoms with van der Waals surface area (Å²) in [4.78, 5) is 34.4. The van der Waals surface area contributed by atoms with Crippen molar-refractivity contribution < 1.29 is 14.4 Å². The molecule has 4 rings (SSSR count). The molecular weight excluding hydrogens is 376 g/mol. The molecule has 0 saturated carbocycles. The number of hydroxylamine groups is 1. The number of carbonyl (C=O) groups excluding carboxylic acids is 2. The number of fused-ring (bicyclic) bond motifs is 1. The molecule has 0 radical (unpaired) electrons. The van der Waals surface area contributed by atoms with Crippen molar-refractivity contribution in [3.63, 3.8) is 0 Å². The van der Waals surface area contributed by atoms with Crippen molar-refractivity contribution in [2.45, 2.75) is 58.6 Å². The quantitative estimate of drug-likeness (QED) is 0.614. The third-order valence-electron chi connectivity index (χ3n) is 6.40. The Morgan fingerprint density at radius 1 is 0.933 bits per heavy atom. The number of aryl methyl sites for hydroxylation is 1. The van der Waals surface area contributed by atoms with Crippen LogP contribution in [-0.4, -0.2) is 24.0 Å². The fourth-order valence-electron chi connectivity index (χ4n) is 4.77. The Balaban J connectivity index is 1.71. The van der Waals surface area contributed by atoms with E-state index in [1.54, 1.807) is 0 Å². The van der Waals surface area contributed by atoms with Gasteiger partial charge in [-0.1, -0.05) is 69.0 Å². The van der Waals surface area contributed by atoms with E-state index in [1.165, 1.54) is 4.90 Å². The highest BCUT2D eigenvalue weighted by Crippen LogP contribution is 2.44. The largest absolute Gasteiger partial charge is 0.273 e. The fraction of sp³-hybridized carbons (Fsp3) is 0.440. The van der Waals surface area contributed by atoms with Gasteiger partial charge in [-0.3, -0.25) is 14.4 Å². The van der Waals surface area contributed by atoms with E-state index in [9.17, 15) is 9.59 Å². The first-order valence-electron chi connectivity index (χ1n) is 11.0. The van der Waals surface area contributed by atoms with Gasteiger partial charge in [-0.15, -0.1) is 0 Å². The van der Waals surface area contributed by atoms with E-state index in [0.29, 0.717) is 5.69 Å². The number of nitrogens with zero attached hydrogens (tertiary/aromatic N) is 2. The van der Waals surface area contributed by atoms with Gasteiger partial charge >= 0.3 is 0 Å². The maximum Gasteiger partial charge on any atom is 0.266 e. The predicted molar refractivity (Wildman–Crippen MR) is 118 cm³/mol. The highest BCUT2D eigenvalue weighted by molar-refractivity contribution is 6.23. The average molecular weight is 407 g/mol. The first kappa shape index (κ1) is 20.6. The van der Waals surface area contributed by atoms with Gasteiger partial charge in [0, 0.05) is 0 Å². The number of para-hydroxylation sites is 1. The van der Waals surface area contributed by atoms with Gasteiger partial charge in [-0.05, 0) is 43.5 Å². The second kappa shape index (κ2) is 8.60. The Bertz CT molecular complexity index is 896. The number of hydrogen-bond acceptors (Lipinski definition) is 4. The van der Waals surface area contributed by atoms with Crippen molar-refractivity contribution in [1.29, 1.82) is 0 Å². The van der Waals surface area contributed by atoms with Gasteiger partial charge in [0.2, 0.25) is 5.91 Å². The molecule has 2 fully saturated rings. The Morgan fingerprint density at radius 3 is 2.27 bits per heavy atom. The summed E-state index contributed by atoms with van der Waals surface area (Å²) in [7, 11) is 0. The van der Waals surface area contributed by atoms with Crippen LogP contribution in [0, 0.1) is 18.8 Å². The monoisotopic (exact) mass is 406 g/mol. The van der Waals surface area contributed by atoms with Gasteiger partial charge < -0.3 is 0 Å². The van der Waals surface area contributed by atoms with E-state index < -0.39 is 12.0 Å². The van der Waals surface area contributed by atoms with E-state index >= 15 is 0 Å². The summed E-state index contributed by atoms with van der Waals surface area (Å²) in [6, 6.07) is 17.2. The fourth-order valence-corrected chi connectivity index (χ4v) is 4.77. The average Bonchev–Trinajstić information content (AvgIpc) is 3.27. The Labute approximate surface area is 178 Å². The SMILES string of the molecule is CCCC[C@H](CC)[C@@H]1[C@@H]2C(=O)N(c3ccc(C)cc3)C(=O)[C@H]2ON1c1ccccc1. The molecule has 0 spiro atoms. The van der Waals surface area contributed by atoms with Crippen LogP contribution in [0.1, 0.15) is 45.1 Å². The van der Waals surface area contributed by atoms with Crippen LogP contribution in [0.3, 0.4) is 0 Å². The summed E-state index contributed by atoms with van der Waals surface area (Å²) in [5.74, 6) is -0.620. The van der Waals surface area contributed by atoms with Crippen molar-refractivity contribution in [1.82, 2.24) is 0 Å². The molecule has 4 atom stereocenters. The minimum atomic E-state index is -0.764. The molecule has 0 aliphatic carbocycles. The predicted octanol–water partition coefficient (Wildman–Crippen LogP) is 4.89. The Morgan fingerprint density at radius 2 is 1.63 bits per heavy atom. The molecule has 0 unspecified atom stereocenters. The third-order valence-corrected chi connectivity index (χ3v) is 6.40. The molecule has 2 aliphatic heterocycles. The van der Waals surface area contributed by atoms with Crippen molar-refractivity contribution in [2.75, 3.05) is 9.96 Å². The number of carbonyl (C=O) groups is 2. The molecule has 2 heterocycles. The summed E-state index contributed by atoms with van der Waals surface area (Å²) in [5.41, 5.74) is 2.61. The zero-order chi connectivity index (χ0) is 21.3. The maximum atomic E-state index is 13.6. The molecular formula is C25H30N2O3. The van der Waals surface area contributed by atoms with E-state index in [1.807, 2.05) is 66.6 Å². The van der Waals surface area contributed by atoms with Crippen LogP contribution in [0.25, 0.3) is 0 Å². The van der Waals surface area contributed by atoms with Crippen LogP contribution in [0.15, 0.2) is 54.6 Å². The third kappa shape index (κ3) is 3.52. The molecule has 2 aromatic rings. The van der Waals surface area contributed by atoms with Gasteiger partial charge in [0.1, 0.15) is 0 Å². The Kier molecular flexibility index (Phi) is 5.91. The zero-order valence-corrected chi connectivity index (χ0v) is 18.0. The van der Waals surface area contributed by atoms with Crippen molar-refractivity contribution in [3.8, 4) is 0 Å². The van der Waals surface area contributed by atoms with Crippen molar-refractivity contribution in [3.05, 3.63) is 60.2 Å². The van der Waals surface area contributed by atoms with Crippen LogP contribution in [0.4, 0.5) is 11.4 Å². The lowest BCUT2D eigenvalue weighted by Crippen LogP contribution is -2.44. The van der Waals surface area contributed by atoms with Gasteiger partial charge in [-0.2, -0.15) is 0 Å².